The molecule has 0 aliphatic heterocycles. The van der Waals surface area contributed by atoms with Gasteiger partial charge in [0.1, 0.15) is 5.82 Å². The normalized spacial score (nSPS) is 12.3. The molecule has 1 aromatic heterocycles. The van der Waals surface area contributed by atoms with E-state index in [0.717, 1.165) is 17.8 Å². The van der Waals surface area contributed by atoms with Crippen molar-refractivity contribution in [3.05, 3.63) is 58.7 Å². The molecule has 0 fully saturated rings. The first kappa shape index (κ1) is 15.3. The fraction of sp³-hybridized carbons (Fsp3) is 0.143. The average molecular weight is 314 g/mol. The topological polar surface area (TPSA) is 37.3 Å². The van der Waals surface area contributed by atoms with E-state index in [0.29, 0.717) is 10.7 Å². The Hall–Kier alpha value is -2.08. The van der Waals surface area contributed by atoms with Crippen molar-refractivity contribution in [1.82, 2.24) is 4.98 Å². The highest BCUT2D eigenvalue weighted by atomic mass is 35.5. The lowest BCUT2D eigenvalue weighted by Crippen LogP contribution is -2.06. The molecule has 0 saturated carbocycles. The van der Waals surface area contributed by atoms with Crippen LogP contribution in [-0.2, 0) is 6.18 Å². The molecule has 1 N–H and O–H groups in total. The number of nitrogens with one attached hydrogen (secondary N) is 1. The maximum absolute atomic E-state index is 12.4. The number of benzene rings is 1. The molecule has 0 radical (unpaired) electrons. The van der Waals surface area contributed by atoms with Gasteiger partial charge in [-0.25, -0.2) is 4.98 Å². The van der Waals surface area contributed by atoms with Crippen LogP contribution in [0, 0.1) is 0 Å². The van der Waals surface area contributed by atoms with Crippen LogP contribution in [0.1, 0.15) is 18.1 Å². The van der Waals surface area contributed by atoms with E-state index < -0.39 is 11.7 Å². The van der Waals surface area contributed by atoms with Crippen LogP contribution in [-0.4, -0.2) is 10.7 Å². The van der Waals surface area contributed by atoms with Crippen LogP contribution in [0.4, 0.5) is 19.0 Å². The van der Waals surface area contributed by atoms with Gasteiger partial charge in [0.2, 0.25) is 0 Å². The van der Waals surface area contributed by atoms with Gasteiger partial charge in [0.05, 0.1) is 11.3 Å². The van der Waals surface area contributed by atoms with E-state index in [1.54, 1.807) is 31.2 Å². The van der Waals surface area contributed by atoms with Crippen LogP contribution in [0.15, 0.2) is 47.7 Å². The van der Waals surface area contributed by atoms with Gasteiger partial charge < -0.3 is 0 Å². The highest BCUT2D eigenvalue weighted by Gasteiger charge is 2.30. The monoisotopic (exact) mass is 313 g/mol. The number of alkyl halides is 3. The molecule has 2 aromatic rings. The van der Waals surface area contributed by atoms with Crippen LogP contribution < -0.4 is 5.43 Å². The molecule has 1 aromatic carbocycles. The fourth-order valence-electron chi connectivity index (χ4n) is 1.52. The van der Waals surface area contributed by atoms with Crippen molar-refractivity contribution >= 4 is 23.1 Å². The van der Waals surface area contributed by atoms with Gasteiger partial charge in [-0.3, -0.25) is 5.43 Å². The predicted molar refractivity (Wildman–Crippen MR) is 76.5 cm³/mol. The van der Waals surface area contributed by atoms with Gasteiger partial charge in [0, 0.05) is 11.2 Å². The summed E-state index contributed by atoms with van der Waals surface area (Å²) in [6.07, 6.45) is -3.64. The number of hydrazone groups is 1. The average Bonchev–Trinajstić information content (AvgIpc) is 2.45. The van der Waals surface area contributed by atoms with Crippen LogP contribution in [0.5, 0.6) is 0 Å². The molecule has 0 unspecified atom stereocenters. The standard InChI is InChI=1S/C14H11ClF3N3/c1-9(10-2-5-12(15)6-3-10)20-21-13-7-4-11(8-19-13)14(16,17)18/h2-8H,1H3,(H,19,21)/b20-9+. The molecule has 0 amide bonds. The van der Waals surface area contributed by atoms with Crippen molar-refractivity contribution in [2.75, 3.05) is 5.43 Å². The zero-order valence-corrected chi connectivity index (χ0v) is 11.7. The second-order valence-corrected chi connectivity index (χ2v) is 4.68. The lowest BCUT2D eigenvalue weighted by atomic mass is 10.1. The first-order chi connectivity index (χ1) is 9.86. The molecular weight excluding hydrogens is 303 g/mol. The molecule has 0 spiro atoms. The van der Waals surface area contributed by atoms with Crippen molar-refractivity contribution in [1.29, 1.82) is 0 Å². The predicted octanol–water partition coefficient (Wildman–Crippen LogP) is 4.59. The smallest absolute Gasteiger partial charge is 0.261 e. The van der Waals surface area contributed by atoms with Crippen LogP contribution in [0.2, 0.25) is 5.02 Å². The van der Waals surface area contributed by atoms with Crippen molar-refractivity contribution < 1.29 is 13.2 Å². The van der Waals surface area contributed by atoms with Gasteiger partial charge in [0.15, 0.2) is 0 Å². The number of rotatable bonds is 3. The van der Waals surface area contributed by atoms with Crippen LogP contribution in [0.25, 0.3) is 0 Å². The van der Waals surface area contributed by atoms with Gasteiger partial charge in [0.25, 0.3) is 0 Å². The van der Waals surface area contributed by atoms with Crippen molar-refractivity contribution in [2.45, 2.75) is 13.1 Å². The zero-order valence-electron chi connectivity index (χ0n) is 10.9. The van der Waals surface area contributed by atoms with Gasteiger partial charge in [-0.1, -0.05) is 23.7 Å². The Labute approximate surface area is 124 Å². The first-order valence-electron chi connectivity index (χ1n) is 5.96. The molecule has 21 heavy (non-hydrogen) atoms. The summed E-state index contributed by atoms with van der Waals surface area (Å²) in [6.45, 7) is 1.76. The van der Waals surface area contributed by atoms with E-state index in [1.807, 2.05) is 0 Å². The maximum Gasteiger partial charge on any atom is 0.417 e. The van der Waals surface area contributed by atoms with Crippen molar-refractivity contribution in [2.24, 2.45) is 5.10 Å². The minimum absolute atomic E-state index is 0.233. The number of halogens is 4. The summed E-state index contributed by atoms with van der Waals surface area (Å²) < 4.78 is 37.2. The molecule has 0 aliphatic carbocycles. The Balaban J connectivity index is 2.08. The zero-order chi connectivity index (χ0) is 15.5. The molecule has 0 bridgehead atoms. The molecule has 0 atom stereocenters. The highest BCUT2D eigenvalue weighted by Crippen LogP contribution is 2.28. The second-order valence-electron chi connectivity index (χ2n) is 4.25. The molecule has 2 rings (SSSR count). The van der Waals surface area contributed by atoms with Crippen molar-refractivity contribution in [3.63, 3.8) is 0 Å². The third-order valence-electron chi connectivity index (χ3n) is 2.69. The van der Waals surface area contributed by atoms with Crippen molar-refractivity contribution in [3.8, 4) is 0 Å². The minimum Gasteiger partial charge on any atom is -0.261 e. The SMILES string of the molecule is C/C(=N\Nc1ccc(C(F)(F)F)cn1)c1ccc(Cl)cc1. The third-order valence-corrected chi connectivity index (χ3v) is 2.94. The lowest BCUT2D eigenvalue weighted by Gasteiger charge is -2.07. The van der Waals surface area contributed by atoms with E-state index >= 15 is 0 Å². The Morgan fingerprint density at radius 1 is 1.14 bits per heavy atom. The summed E-state index contributed by atoms with van der Waals surface area (Å²) in [6, 6.07) is 9.22. The van der Waals surface area contributed by atoms with E-state index in [2.05, 4.69) is 15.5 Å². The largest absolute Gasteiger partial charge is 0.417 e. The Kier molecular flexibility index (Phi) is 4.47. The Bertz CT molecular complexity index is 634. The summed E-state index contributed by atoms with van der Waals surface area (Å²) in [7, 11) is 0. The van der Waals surface area contributed by atoms with Gasteiger partial charge in [-0.05, 0) is 36.8 Å². The van der Waals surface area contributed by atoms with Gasteiger partial charge in [-0.2, -0.15) is 18.3 Å². The van der Waals surface area contributed by atoms with Crippen LogP contribution >= 0.6 is 11.6 Å². The second kappa shape index (κ2) is 6.13. The Morgan fingerprint density at radius 3 is 2.33 bits per heavy atom. The summed E-state index contributed by atoms with van der Waals surface area (Å²) in [5.74, 6) is 0.233. The van der Waals surface area contributed by atoms with E-state index in [1.165, 1.54) is 6.07 Å². The highest BCUT2D eigenvalue weighted by molar-refractivity contribution is 6.30. The molecule has 110 valence electrons. The number of aromatic nitrogens is 1. The third kappa shape index (κ3) is 4.19. The minimum atomic E-state index is -4.39. The number of hydrogen-bond acceptors (Lipinski definition) is 3. The molecule has 0 saturated heterocycles. The summed E-state index contributed by atoms with van der Waals surface area (Å²) in [4.78, 5) is 3.67. The number of anilines is 1. The van der Waals surface area contributed by atoms with Crippen LogP contribution in [0.3, 0.4) is 0 Å². The molecule has 7 heteroatoms. The van der Waals surface area contributed by atoms with E-state index in [9.17, 15) is 13.2 Å². The van der Waals surface area contributed by atoms with Gasteiger partial charge in [-0.15, -0.1) is 0 Å². The fourth-order valence-corrected chi connectivity index (χ4v) is 1.65. The first-order valence-corrected chi connectivity index (χ1v) is 6.33. The van der Waals surface area contributed by atoms with E-state index in [-0.39, 0.29) is 5.82 Å². The maximum atomic E-state index is 12.4. The summed E-state index contributed by atoms with van der Waals surface area (Å²) >= 11 is 5.78. The number of nitrogens with zero attached hydrogens (tertiary/aromatic N) is 2. The Morgan fingerprint density at radius 2 is 1.81 bits per heavy atom. The van der Waals surface area contributed by atoms with E-state index in [4.69, 9.17) is 11.6 Å². The number of hydrogen-bond donors (Lipinski definition) is 1. The summed E-state index contributed by atoms with van der Waals surface area (Å²) in [5, 5.41) is 4.68. The molecule has 1 heterocycles. The molecule has 3 nitrogen and oxygen atoms in total. The molecule has 0 aliphatic rings. The summed E-state index contributed by atoms with van der Waals surface area (Å²) in [5.41, 5.74) is 3.32. The molecular formula is C14H11ClF3N3. The number of pyridine rings is 1. The van der Waals surface area contributed by atoms with Gasteiger partial charge >= 0.3 is 6.18 Å². The quantitative estimate of drug-likeness (QED) is 0.664. The lowest BCUT2D eigenvalue weighted by molar-refractivity contribution is -0.137.